The fraction of sp³-hybridized carbons (Fsp3) is 0.867. The van der Waals surface area contributed by atoms with Crippen molar-refractivity contribution in [2.45, 2.75) is 64.9 Å². The Balaban J connectivity index is 2.35. The number of carbonyl (C=O) groups excluding carboxylic acids is 1. The second kappa shape index (κ2) is 8.16. The molecule has 0 aromatic rings. The van der Waals surface area contributed by atoms with Gasteiger partial charge in [-0.3, -0.25) is 4.79 Å². The molecule has 4 nitrogen and oxygen atoms in total. The molecule has 1 aliphatic carbocycles. The van der Waals surface area contributed by atoms with Crippen molar-refractivity contribution in [2.24, 2.45) is 5.41 Å². The van der Waals surface area contributed by atoms with E-state index in [4.69, 9.17) is 4.74 Å². The van der Waals surface area contributed by atoms with Crippen molar-refractivity contribution < 1.29 is 9.53 Å². The molecule has 0 aliphatic heterocycles. The molecule has 1 amide bonds. The third kappa shape index (κ3) is 5.20. The van der Waals surface area contributed by atoms with Crippen molar-refractivity contribution in [3.63, 3.8) is 0 Å². The van der Waals surface area contributed by atoms with Crippen LogP contribution in [0, 0.1) is 16.7 Å². The maximum Gasteiger partial charge on any atom is 0.240 e. The Kier molecular flexibility index (Phi) is 6.86. The highest BCUT2D eigenvalue weighted by Crippen LogP contribution is 2.34. The Bertz CT molecular complexity index is 313. The van der Waals surface area contributed by atoms with Crippen LogP contribution < -0.4 is 5.32 Å². The van der Waals surface area contributed by atoms with Gasteiger partial charge in [-0.2, -0.15) is 5.26 Å². The van der Waals surface area contributed by atoms with E-state index in [0.29, 0.717) is 26.0 Å². The van der Waals surface area contributed by atoms with E-state index in [2.05, 4.69) is 11.4 Å². The average molecular weight is 266 g/mol. The zero-order valence-corrected chi connectivity index (χ0v) is 12.2. The van der Waals surface area contributed by atoms with Gasteiger partial charge < -0.3 is 10.1 Å². The molecule has 19 heavy (non-hydrogen) atoms. The summed E-state index contributed by atoms with van der Waals surface area (Å²) in [5.41, 5.74) is -0.782. The van der Waals surface area contributed by atoms with Gasteiger partial charge in [0.25, 0.3) is 0 Å². The van der Waals surface area contributed by atoms with Gasteiger partial charge in [-0.05, 0) is 33.1 Å². The SMILES string of the molecule is CC(C)OCCCNC(=O)C1(C#N)CCCCCC1. The lowest BCUT2D eigenvalue weighted by Crippen LogP contribution is -2.40. The summed E-state index contributed by atoms with van der Waals surface area (Å²) in [7, 11) is 0. The van der Waals surface area contributed by atoms with Crippen LogP contribution in [-0.2, 0) is 9.53 Å². The number of hydrogen-bond donors (Lipinski definition) is 1. The quantitative estimate of drug-likeness (QED) is 0.594. The van der Waals surface area contributed by atoms with Crippen molar-refractivity contribution in [2.75, 3.05) is 13.2 Å². The lowest BCUT2D eigenvalue weighted by molar-refractivity contribution is -0.128. The zero-order chi connectivity index (χ0) is 14.1. The Morgan fingerprint density at radius 1 is 1.32 bits per heavy atom. The largest absolute Gasteiger partial charge is 0.379 e. The molecule has 1 fully saturated rings. The molecule has 108 valence electrons. The van der Waals surface area contributed by atoms with Crippen LogP contribution >= 0.6 is 0 Å². The maximum absolute atomic E-state index is 12.2. The molecule has 0 saturated heterocycles. The second-order valence-electron chi connectivity index (χ2n) is 5.64. The van der Waals surface area contributed by atoms with Crippen LogP contribution in [-0.4, -0.2) is 25.2 Å². The minimum Gasteiger partial charge on any atom is -0.379 e. The molecule has 0 aromatic carbocycles. The molecular formula is C15H26N2O2. The summed E-state index contributed by atoms with van der Waals surface area (Å²) in [5, 5.41) is 12.3. The first kappa shape index (κ1) is 16.0. The van der Waals surface area contributed by atoms with Gasteiger partial charge in [0.1, 0.15) is 5.41 Å². The van der Waals surface area contributed by atoms with E-state index in [1.807, 2.05) is 13.8 Å². The number of ether oxygens (including phenoxy) is 1. The van der Waals surface area contributed by atoms with Crippen LogP contribution in [0.15, 0.2) is 0 Å². The van der Waals surface area contributed by atoms with Crippen molar-refractivity contribution >= 4 is 5.91 Å². The fourth-order valence-corrected chi connectivity index (χ4v) is 2.48. The fourth-order valence-electron chi connectivity index (χ4n) is 2.48. The third-order valence-corrected chi connectivity index (χ3v) is 3.66. The average Bonchev–Trinajstić information content (AvgIpc) is 2.64. The summed E-state index contributed by atoms with van der Waals surface area (Å²) in [5.74, 6) is -0.0820. The molecule has 1 aliphatic rings. The first-order valence-electron chi connectivity index (χ1n) is 7.42. The molecule has 0 bridgehead atoms. The van der Waals surface area contributed by atoms with Crippen LogP contribution in [0.4, 0.5) is 0 Å². The topological polar surface area (TPSA) is 62.1 Å². The van der Waals surface area contributed by atoms with Gasteiger partial charge in [-0.25, -0.2) is 0 Å². The van der Waals surface area contributed by atoms with Crippen molar-refractivity contribution in [3.05, 3.63) is 0 Å². The molecule has 0 heterocycles. The van der Waals surface area contributed by atoms with E-state index in [1.54, 1.807) is 0 Å². The highest BCUT2D eigenvalue weighted by atomic mass is 16.5. The molecule has 0 unspecified atom stereocenters. The van der Waals surface area contributed by atoms with Gasteiger partial charge in [-0.15, -0.1) is 0 Å². The minimum atomic E-state index is -0.782. The predicted molar refractivity (Wildman–Crippen MR) is 74.5 cm³/mol. The monoisotopic (exact) mass is 266 g/mol. The number of nitrogens with one attached hydrogen (secondary N) is 1. The first-order valence-corrected chi connectivity index (χ1v) is 7.42. The lowest BCUT2D eigenvalue weighted by atomic mass is 9.81. The highest BCUT2D eigenvalue weighted by Gasteiger charge is 2.38. The van der Waals surface area contributed by atoms with Gasteiger partial charge in [-0.1, -0.05) is 25.7 Å². The van der Waals surface area contributed by atoms with E-state index in [9.17, 15) is 10.1 Å². The van der Waals surface area contributed by atoms with Crippen molar-refractivity contribution in [1.29, 1.82) is 5.26 Å². The van der Waals surface area contributed by atoms with Crippen LogP contribution in [0.5, 0.6) is 0 Å². The number of rotatable bonds is 6. The van der Waals surface area contributed by atoms with Gasteiger partial charge in [0, 0.05) is 13.2 Å². The van der Waals surface area contributed by atoms with E-state index >= 15 is 0 Å². The summed E-state index contributed by atoms with van der Waals surface area (Å²) in [6, 6.07) is 2.27. The maximum atomic E-state index is 12.2. The summed E-state index contributed by atoms with van der Waals surface area (Å²) in [4.78, 5) is 12.2. The normalized spacial score (nSPS) is 18.6. The Morgan fingerprint density at radius 2 is 1.95 bits per heavy atom. The van der Waals surface area contributed by atoms with Gasteiger partial charge in [0.05, 0.1) is 12.2 Å². The van der Waals surface area contributed by atoms with Gasteiger partial charge in [0.15, 0.2) is 0 Å². The molecule has 0 aromatic heterocycles. The first-order chi connectivity index (χ1) is 9.10. The third-order valence-electron chi connectivity index (χ3n) is 3.66. The summed E-state index contributed by atoms with van der Waals surface area (Å²) in [6.45, 7) is 5.23. The molecule has 1 N–H and O–H groups in total. The molecule has 0 radical (unpaired) electrons. The highest BCUT2D eigenvalue weighted by molar-refractivity contribution is 5.85. The standard InChI is InChI=1S/C15H26N2O2/c1-13(2)19-11-7-10-17-14(18)15(12-16)8-5-3-4-6-9-15/h13H,3-11H2,1-2H3,(H,17,18). The lowest BCUT2D eigenvalue weighted by Gasteiger charge is -2.23. The Hall–Kier alpha value is -1.08. The molecule has 1 saturated carbocycles. The van der Waals surface area contributed by atoms with E-state index in [0.717, 1.165) is 32.1 Å². The smallest absolute Gasteiger partial charge is 0.240 e. The summed E-state index contributed by atoms with van der Waals surface area (Å²) >= 11 is 0. The Morgan fingerprint density at radius 3 is 2.47 bits per heavy atom. The number of carbonyl (C=O) groups is 1. The number of nitrogens with zero attached hydrogens (tertiary/aromatic N) is 1. The number of amides is 1. The van der Waals surface area contributed by atoms with Gasteiger partial charge in [0.2, 0.25) is 5.91 Å². The Labute approximate surface area is 116 Å². The van der Waals surface area contributed by atoms with E-state index in [-0.39, 0.29) is 12.0 Å². The van der Waals surface area contributed by atoms with Crippen molar-refractivity contribution in [3.8, 4) is 6.07 Å². The van der Waals surface area contributed by atoms with E-state index < -0.39 is 5.41 Å². The number of hydrogen-bond acceptors (Lipinski definition) is 3. The van der Waals surface area contributed by atoms with Crippen LogP contribution in [0.1, 0.15) is 58.8 Å². The van der Waals surface area contributed by atoms with E-state index in [1.165, 1.54) is 0 Å². The molecule has 4 heteroatoms. The predicted octanol–water partition coefficient (Wildman–Crippen LogP) is 2.78. The van der Waals surface area contributed by atoms with Crippen LogP contribution in [0.25, 0.3) is 0 Å². The van der Waals surface area contributed by atoms with Crippen molar-refractivity contribution in [1.82, 2.24) is 5.32 Å². The number of nitriles is 1. The zero-order valence-electron chi connectivity index (χ0n) is 12.2. The summed E-state index contributed by atoms with van der Waals surface area (Å²) < 4.78 is 5.42. The van der Waals surface area contributed by atoms with Crippen LogP contribution in [0.2, 0.25) is 0 Å². The molecular weight excluding hydrogens is 240 g/mol. The summed E-state index contributed by atoms with van der Waals surface area (Å²) in [6.07, 6.45) is 6.68. The second-order valence-corrected chi connectivity index (χ2v) is 5.64. The molecule has 0 atom stereocenters. The van der Waals surface area contributed by atoms with Crippen LogP contribution in [0.3, 0.4) is 0 Å². The molecule has 1 rings (SSSR count). The minimum absolute atomic E-state index is 0.0820. The molecule has 0 spiro atoms. The van der Waals surface area contributed by atoms with Gasteiger partial charge >= 0.3 is 0 Å².